The van der Waals surface area contributed by atoms with Crippen LogP contribution in [-0.2, 0) is 14.4 Å². The number of hydrogen-bond donors (Lipinski definition) is 3. The number of nitrogens with one attached hydrogen (secondary N) is 3. The van der Waals surface area contributed by atoms with Crippen LogP contribution < -0.4 is 20.9 Å². The Morgan fingerprint density at radius 3 is 2.30 bits per heavy atom. The molecule has 0 aliphatic rings. The van der Waals surface area contributed by atoms with Crippen molar-refractivity contribution in [3.8, 4) is 5.75 Å². The van der Waals surface area contributed by atoms with Crippen molar-refractivity contribution in [1.29, 1.82) is 0 Å². The molecule has 0 saturated heterocycles. The summed E-state index contributed by atoms with van der Waals surface area (Å²) >= 11 is 9.24. The maximum absolute atomic E-state index is 11.8. The van der Waals surface area contributed by atoms with Crippen molar-refractivity contribution in [3.05, 3.63) is 58.0 Å². The van der Waals surface area contributed by atoms with Crippen molar-refractivity contribution in [1.82, 2.24) is 10.9 Å². The average molecular weight is 455 g/mol. The molecule has 9 heteroatoms. The number of benzene rings is 2. The molecule has 0 radical (unpaired) electrons. The van der Waals surface area contributed by atoms with Gasteiger partial charge >= 0.3 is 0 Å². The SMILES string of the molecule is O=C(CCC(=O)Nc1ccccc1)NNC(=O)COc1ccc(Br)cc1Cl. The Kier molecular flexibility index (Phi) is 8.09. The van der Waals surface area contributed by atoms with E-state index in [1.807, 2.05) is 6.07 Å². The number of carbonyl (C=O) groups is 3. The number of amides is 3. The van der Waals surface area contributed by atoms with Gasteiger partial charge in [-0.1, -0.05) is 45.7 Å². The van der Waals surface area contributed by atoms with Gasteiger partial charge in [-0.15, -0.1) is 0 Å². The number of hydrogen-bond acceptors (Lipinski definition) is 4. The van der Waals surface area contributed by atoms with Crippen molar-refractivity contribution in [2.24, 2.45) is 0 Å². The van der Waals surface area contributed by atoms with Gasteiger partial charge < -0.3 is 10.1 Å². The first kappa shape index (κ1) is 20.7. The molecule has 0 aliphatic carbocycles. The minimum absolute atomic E-state index is 0.0123. The van der Waals surface area contributed by atoms with Crippen LogP contribution in [0, 0.1) is 0 Å². The Balaban J connectivity index is 1.64. The van der Waals surface area contributed by atoms with E-state index in [1.165, 1.54) is 0 Å². The number of ether oxygens (including phenoxy) is 1. The molecular formula is C18H17BrClN3O4. The molecule has 142 valence electrons. The molecule has 2 aromatic rings. The van der Waals surface area contributed by atoms with Crippen molar-refractivity contribution < 1.29 is 19.1 Å². The molecule has 0 bridgehead atoms. The fourth-order valence-electron chi connectivity index (χ4n) is 1.95. The first-order chi connectivity index (χ1) is 12.9. The summed E-state index contributed by atoms with van der Waals surface area (Å²) in [5, 5.41) is 3.02. The Labute approximate surface area is 169 Å². The first-order valence-electron chi connectivity index (χ1n) is 7.94. The molecule has 0 aliphatic heterocycles. The minimum Gasteiger partial charge on any atom is -0.482 e. The van der Waals surface area contributed by atoms with E-state index in [9.17, 15) is 14.4 Å². The van der Waals surface area contributed by atoms with Crippen molar-refractivity contribution in [2.45, 2.75) is 12.8 Å². The molecule has 3 N–H and O–H groups in total. The van der Waals surface area contributed by atoms with Gasteiger partial charge in [-0.3, -0.25) is 25.2 Å². The van der Waals surface area contributed by atoms with E-state index in [2.05, 4.69) is 32.1 Å². The van der Waals surface area contributed by atoms with Crippen molar-refractivity contribution >= 4 is 50.9 Å². The highest BCUT2D eigenvalue weighted by Crippen LogP contribution is 2.27. The predicted octanol–water partition coefficient (Wildman–Crippen LogP) is 3.05. The Bertz CT molecular complexity index is 818. The summed E-state index contributed by atoms with van der Waals surface area (Å²) < 4.78 is 6.06. The molecule has 0 aromatic heterocycles. The van der Waals surface area contributed by atoms with Crippen LogP contribution in [0.4, 0.5) is 5.69 Å². The third kappa shape index (κ3) is 7.67. The van der Waals surface area contributed by atoms with E-state index in [4.69, 9.17) is 16.3 Å². The molecule has 27 heavy (non-hydrogen) atoms. The van der Waals surface area contributed by atoms with E-state index < -0.39 is 11.8 Å². The molecule has 0 spiro atoms. The second kappa shape index (κ2) is 10.5. The lowest BCUT2D eigenvalue weighted by atomic mass is 10.2. The number of para-hydroxylation sites is 1. The second-order valence-corrected chi connectivity index (χ2v) is 6.70. The fraction of sp³-hybridized carbons (Fsp3) is 0.167. The maximum Gasteiger partial charge on any atom is 0.276 e. The summed E-state index contributed by atoms with van der Waals surface area (Å²) in [5.74, 6) is -1.00. The van der Waals surface area contributed by atoms with Crippen LogP contribution in [-0.4, -0.2) is 24.3 Å². The highest BCUT2D eigenvalue weighted by molar-refractivity contribution is 9.10. The standard InChI is InChI=1S/C18H17BrClN3O4/c19-12-6-7-15(14(20)10-12)27-11-18(26)23-22-17(25)9-8-16(24)21-13-4-2-1-3-5-13/h1-7,10H,8-9,11H2,(H,21,24)(H,22,25)(H,23,26). The Morgan fingerprint density at radius 1 is 0.926 bits per heavy atom. The van der Waals surface area contributed by atoms with Gasteiger partial charge in [-0.2, -0.15) is 0 Å². The average Bonchev–Trinajstić information content (AvgIpc) is 2.65. The normalized spacial score (nSPS) is 10.0. The third-order valence-electron chi connectivity index (χ3n) is 3.23. The van der Waals surface area contributed by atoms with Crippen LogP contribution in [0.25, 0.3) is 0 Å². The topological polar surface area (TPSA) is 96.5 Å². The van der Waals surface area contributed by atoms with Crippen LogP contribution in [0.3, 0.4) is 0 Å². The summed E-state index contributed by atoms with van der Waals surface area (Å²) in [6.07, 6.45) is -0.0834. The number of halogens is 2. The van der Waals surface area contributed by atoms with Gasteiger partial charge in [0.25, 0.3) is 5.91 Å². The summed E-state index contributed by atoms with van der Waals surface area (Å²) in [6.45, 7) is -0.323. The Morgan fingerprint density at radius 2 is 1.59 bits per heavy atom. The van der Waals surface area contributed by atoms with Gasteiger partial charge in [0.1, 0.15) is 5.75 Å². The highest BCUT2D eigenvalue weighted by atomic mass is 79.9. The van der Waals surface area contributed by atoms with E-state index in [1.54, 1.807) is 42.5 Å². The molecule has 2 rings (SSSR count). The zero-order chi connectivity index (χ0) is 19.6. The quantitative estimate of drug-likeness (QED) is 0.560. The van der Waals surface area contributed by atoms with Gasteiger partial charge in [0.05, 0.1) is 5.02 Å². The zero-order valence-electron chi connectivity index (χ0n) is 14.1. The van der Waals surface area contributed by atoms with Crippen molar-refractivity contribution in [2.75, 3.05) is 11.9 Å². The van der Waals surface area contributed by atoms with Gasteiger partial charge in [0.15, 0.2) is 6.61 Å². The van der Waals surface area contributed by atoms with Crippen LogP contribution in [0.2, 0.25) is 5.02 Å². The molecule has 0 fully saturated rings. The minimum atomic E-state index is -0.559. The molecule has 0 atom stereocenters. The highest BCUT2D eigenvalue weighted by Gasteiger charge is 2.10. The number of anilines is 1. The molecule has 7 nitrogen and oxygen atoms in total. The number of hydrazine groups is 1. The van der Waals surface area contributed by atoms with E-state index >= 15 is 0 Å². The lowest BCUT2D eigenvalue weighted by Crippen LogP contribution is -2.44. The van der Waals surface area contributed by atoms with Crippen molar-refractivity contribution in [3.63, 3.8) is 0 Å². The smallest absolute Gasteiger partial charge is 0.276 e. The van der Waals surface area contributed by atoms with Crippen LogP contribution >= 0.6 is 27.5 Å². The van der Waals surface area contributed by atoms with Gasteiger partial charge in [0.2, 0.25) is 11.8 Å². The summed E-state index contributed by atoms with van der Waals surface area (Å²) in [7, 11) is 0. The van der Waals surface area contributed by atoms with E-state index in [-0.39, 0.29) is 25.4 Å². The lowest BCUT2D eigenvalue weighted by molar-refractivity contribution is -0.130. The maximum atomic E-state index is 11.8. The molecule has 0 saturated carbocycles. The molecular weight excluding hydrogens is 438 g/mol. The van der Waals surface area contributed by atoms with Crippen LogP contribution in [0.1, 0.15) is 12.8 Å². The van der Waals surface area contributed by atoms with Gasteiger partial charge in [-0.05, 0) is 30.3 Å². The van der Waals surface area contributed by atoms with Gasteiger partial charge in [0, 0.05) is 23.0 Å². The number of carbonyl (C=O) groups excluding carboxylic acids is 3. The second-order valence-electron chi connectivity index (χ2n) is 5.37. The summed E-state index contributed by atoms with van der Waals surface area (Å²) in [6, 6.07) is 13.9. The number of rotatable bonds is 7. The molecule has 3 amide bonds. The fourth-order valence-corrected chi connectivity index (χ4v) is 2.67. The lowest BCUT2D eigenvalue weighted by Gasteiger charge is -2.10. The van der Waals surface area contributed by atoms with Crippen LogP contribution in [0.15, 0.2) is 53.0 Å². The van der Waals surface area contributed by atoms with E-state index in [0.717, 1.165) is 4.47 Å². The zero-order valence-corrected chi connectivity index (χ0v) is 16.5. The summed E-state index contributed by atoms with van der Waals surface area (Å²) in [5.41, 5.74) is 5.08. The largest absolute Gasteiger partial charge is 0.482 e. The summed E-state index contributed by atoms with van der Waals surface area (Å²) in [4.78, 5) is 35.1. The predicted molar refractivity (Wildman–Crippen MR) is 105 cm³/mol. The van der Waals surface area contributed by atoms with E-state index in [0.29, 0.717) is 16.5 Å². The third-order valence-corrected chi connectivity index (χ3v) is 4.02. The first-order valence-corrected chi connectivity index (χ1v) is 9.11. The monoisotopic (exact) mass is 453 g/mol. The molecule has 0 unspecified atom stereocenters. The van der Waals surface area contributed by atoms with Gasteiger partial charge in [-0.25, -0.2) is 0 Å². The molecule has 2 aromatic carbocycles. The van der Waals surface area contributed by atoms with Crippen LogP contribution in [0.5, 0.6) is 5.75 Å². The molecule has 0 heterocycles. The Hall–Kier alpha value is -2.58.